The Morgan fingerprint density at radius 2 is 1.84 bits per heavy atom. The van der Waals surface area contributed by atoms with Gasteiger partial charge in [0.25, 0.3) is 5.56 Å². The second-order valence-corrected chi connectivity index (χ2v) is 7.14. The van der Waals surface area contributed by atoms with Crippen LogP contribution in [0.3, 0.4) is 0 Å². The van der Waals surface area contributed by atoms with E-state index >= 15 is 0 Å². The number of nitrogens with zero attached hydrogens (tertiary/aromatic N) is 6. The Morgan fingerprint density at radius 3 is 2.65 bits per heavy atom. The molecule has 8 heteroatoms. The Morgan fingerprint density at radius 1 is 1.00 bits per heavy atom. The van der Waals surface area contributed by atoms with Crippen LogP contribution < -0.4 is 5.56 Å². The average Bonchev–Trinajstić information content (AvgIpc) is 3.17. The number of pyridine rings is 1. The van der Waals surface area contributed by atoms with E-state index in [1.54, 1.807) is 48.1 Å². The molecule has 0 bridgehead atoms. The molecule has 5 aromatic rings. The summed E-state index contributed by atoms with van der Waals surface area (Å²) in [5, 5.41) is 8.81. The molecule has 0 fully saturated rings. The van der Waals surface area contributed by atoms with E-state index in [1.165, 1.54) is 10.9 Å². The Bertz CT molecular complexity index is 1460. The first-order chi connectivity index (χ1) is 15.1. The summed E-state index contributed by atoms with van der Waals surface area (Å²) in [6.07, 6.45) is 2.93. The Labute approximate surface area is 176 Å². The number of hydrogen-bond acceptors (Lipinski definition) is 5. The fourth-order valence-electron chi connectivity index (χ4n) is 3.56. The highest BCUT2D eigenvalue weighted by molar-refractivity contribution is 5.83. The Hall–Kier alpha value is -4.20. The summed E-state index contributed by atoms with van der Waals surface area (Å²) in [5.41, 5.74) is 3.68. The molecule has 0 spiro atoms. The standard InChI is InChI=1S/C23H17FN6O/c1-15-21(27-28-30(15)20-8-5-11-25-22(20)24)17-9-10-18-19(12-17)26-14-29(23(18)31)13-16-6-3-2-4-7-16/h2-12,14H,13H2,1H3. The molecule has 0 amide bonds. The van der Waals surface area contributed by atoms with Crippen molar-refractivity contribution in [1.82, 2.24) is 29.5 Å². The van der Waals surface area contributed by atoms with E-state index < -0.39 is 5.95 Å². The normalized spacial score (nSPS) is 11.2. The molecule has 7 nitrogen and oxygen atoms in total. The molecule has 0 unspecified atom stereocenters. The fourth-order valence-corrected chi connectivity index (χ4v) is 3.56. The molecule has 0 aliphatic heterocycles. The third-order valence-electron chi connectivity index (χ3n) is 5.16. The van der Waals surface area contributed by atoms with Crippen LogP contribution in [-0.4, -0.2) is 29.5 Å². The van der Waals surface area contributed by atoms with Gasteiger partial charge in [-0.2, -0.15) is 4.39 Å². The van der Waals surface area contributed by atoms with Crippen LogP contribution in [0, 0.1) is 12.9 Å². The van der Waals surface area contributed by atoms with E-state index in [2.05, 4.69) is 20.3 Å². The molecule has 0 atom stereocenters. The highest BCUT2D eigenvalue weighted by Gasteiger charge is 2.16. The van der Waals surface area contributed by atoms with Crippen molar-refractivity contribution in [3.63, 3.8) is 0 Å². The van der Waals surface area contributed by atoms with Crippen LogP contribution in [0.5, 0.6) is 0 Å². The van der Waals surface area contributed by atoms with Gasteiger partial charge in [-0.15, -0.1) is 5.10 Å². The maximum absolute atomic E-state index is 14.1. The third kappa shape index (κ3) is 3.38. The van der Waals surface area contributed by atoms with Crippen LogP contribution in [0.25, 0.3) is 27.8 Å². The van der Waals surface area contributed by atoms with Crippen LogP contribution in [-0.2, 0) is 6.54 Å². The monoisotopic (exact) mass is 412 g/mol. The van der Waals surface area contributed by atoms with Crippen molar-refractivity contribution in [2.45, 2.75) is 13.5 Å². The van der Waals surface area contributed by atoms with Crippen molar-refractivity contribution in [2.75, 3.05) is 0 Å². The lowest BCUT2D eigenvalue weighted by Crippen LogP contribution is -2.21. The first kappa shape index (κ1) is 18.8. The third-order valence-corrected chi connectivity index (χ3v) is 5.16. The van der Waals surface area contributed by atoms with Gasteiger partial charge in [0.2, 0.25) is 5.95 Å². The molecular formula is C23H17FN6O. The predicted octanol–water partition coefficient (Wildman–Crippen LogP) is 3.54. The Balaban J connectivity index is 1.53. The number of rotatable bonds is 4. The Kier molecular flexibility index (Phi) is 4.59. The van der Waals surface area contributed by atoms with Crippen molar-refractivity contribution in [3.05, 3.63) is 101 Å². The molecule has 3 heterocycles. The topological polar surface area (TPSA) is 78.5 Å². The number of hydrogen-bond donors (Lipinski definition) is 0. The number of benzene rings is 2. The van der Waals surface area contributed by atoms with Crippen molar-refractivity contribution in [2.24, 2.45) is 0 Å². The SMILES string of the molecule is Cc1c(-c2ccc3c(=O)n(Cc4ccccc4)cnc3c2)nnn1-c1cccnc1F. The van der Waals surface area contributed by atoms with E-state index in [1.807, 2.05) is 30.3 Å². The quantitative estimate of drug-likeness (QED) is 0.422. The molecule has 5 rings (SSSR count). The van der Waals surface area contributed by atoms with Gasteiger partial charge in [0.15, 0.2) is 0 Å². The summed E-state index contributed by atoms with van der Waals surface area (Å²) in [7, 11) is 0. The van der Waals surface area contributed by atoms with Gasteiger partial charge in [-0.3, -0.25) is 9.36 Å². The summed E-state index contributed by atoms with van der Waals surface area (Å²) in [5.74, 6) is -0.624. The van der Waals surface area contributed by atoms with Gasteiger partial charge in [0, 0.05) is 11.8 Å². The summed E-state index contributed by atoms with van der Waals surface area (Å²) >= 11 is 0. The second kappa shape index (κ2) is 7.56. The zero-order chi connectivity index (χ0) is 21.4. The number of fused-ring (bicyclic) bond motifs is 1. The first-order valence-corrected chi connectivity index (χ1v) is 9.68. The van der Waals surface area contributed by atoms with E-state index in [0.29, 0.717) is 28.8 Å². The van der Waals surface area contributed by atoms with E-state index in [0.717, 1.165) is 11.1 Å². The maximum atomic E-state index is 14.1. The zero-order valence-corrected chi connectivity index (χ0v) is 16.6. The van der Waals surface area contributed by atoms with Crippen molar-refractivity contribution < 1.29 is 4.39 Å². The average molecular weight is 412 g/mol. The van der Waals surface area contributed by atoms with Crippen LogP contribution in [0.1, 0.15) is 11.3 Å². The first-order valence-electron chi connectivity index (χ1n) is 9.68. The number of aromatic nitrogens is 6. The van der Waals surface area contributed by atoms with Gasteiger partial charge in [-0.05, 0) is 36.8 Å². The van der Waals surface area contributed by atoms with E-state index in [4.69, 9.17) is 0 Å². The summed E-state index contributed by atoms with van der Waals surface area (Å²) < 4.78 is 17.1. The lowest BCUT2D eigenvalue weighted by atomic mass is 10.1. The molecule has 0 saturated heterocycles. The highest BCUT2D eigenvalue weighted by atomic mass is 19.1. The van der Waals surface area contributed by atoms with Gasteiger partial charge in [0.05, 0.1) is 29.5 Å². The molecule has 31 heavy (non-hydrogen) atoms. The van der Waals surface area contributed by atoms with Crippen LogP contribution in [0.4, 0.5) is 4.39 Å². The fraction of sp³-hybridized carbons (Fsp3) is 0.0870. The largest absolute Gasteiger partial charge is 0.294 e. The second-order valence-electron chi connectivity index (χ2n) is 7.14. The minimum Gasteiger partial charge on any atom is -0.294 e. The molecule has 0 aliphatic rings. The minimum absolute atomic E-state index is 0.113. The van der Waals surface area contributed by atoms with Gasteiger partial charge >= 0.3 is 0 Å². The summed E-state index contributed by atoms with van der Waals surface area (Å²) in [6.45, 7) is 2.26. The van der Waals surface area contributed by atoms with Crippen LogP contribution in [0.15, 0.2) is 78.0 Å². The van der Waals surface area contributed by atoms with Gasteiger partial charge in [-0.25, -0.2) is 14.6 Å². The van der Waals surface area contributed by atoms with Crippen molar-refractivity contribution in [3.8, 4) is 16.9 Å². The molecule has 0 N–H and O–H groups in total. The summed E-state index contributed by atoms with van der Waals surface area (Å²) in [6, 6.07) is 18.3. The molecule has 2 aromatic carbocycles. The predicted molar refractivity (Wildman–Crippen MR) is 114 cm³/mol. The van der Waals surface area contributed by atoms with E-state index in [-0.39, 0.29) is 11.2 Å². The summed E-state index contributed by atoms with van der Waals surface area (Å²) in [4.78, 5) is 21.1. The maximum Gasteiger partial charge on any atom is 0.261 e. The number of halogens is 1. The molecule has 152 valence electrons. The molecule has 0 radical (unpaired) electrons. The van der Waals surface area contributed by atoms with Gasteiger partial charge in [-0.1, -0.05) is 41.6 Å². The van der Waals surface area contributed by atoms with Crippen molar-refractivity contribution >= 4 is 10.9 Å². The van der Waals surface area contributed by atoms with Crippen molar-refractivity contribution in [1.29, 1.82) is 0 Å². The minimum atomic E-state index is -0.624. The van der Waals surface area contributed by atoms with E-state index in [9.17, 15) is 9.18 Å². The van der Waals surface area contributed by atoms with Gasteiger partial charge < -0.3 is 0 Å². The lowest BCUT2D eigenvalue weighted by molar-refractivity contribution is 0.564. The highest BCUT2D eigenvalue weighted by Crippen LogP contribution is 2.25. The molecule has 0 saturated carbocycles. The molecule has 3 aromatic heterocycles. The smallest absolute Gasteiger partial charge is 0.261 e. The lowest BCUT2D eigenvalue weighted by Gasteiger charge is -2.08. The van der Waals surface area contributed by atoms with Crippen LogP contribution in [0.2, 0.25) is 0 Å². The van der Waals surface area contributed by atoms with Gasteiger partial charge in [0.1, 0.15) is 11.4 Å². The molecular weight excluding hydrogens is 395 g/mol. The zero-order valence-electron chi connectivity index (χ0n) is 16.6. The van der Waals surface area contributed by atoms with Crippen LogP contribution >= 0.6 is 0 Å². The molecule has 0 aliphatic carbocycles.